The van der Waals surface area contributed by atoms with Crippen LogP contribution in [0.25, 0.3) is 0 Å². The predicted molar refractivity (Wildman–Crippen MR) is 76.3 cm³/mol. The highest BCUT2D eigenvalue weighted by Gasteiger charge is 2.63. The third kappa shape index (κ3) is 4.46. The number of hydrogen-bond donors (Lipinski definition) is 1. The molecule has 11 heteroatoms. The van der Waals surface area contributed by atoms with Crippen LogP contribution in [0.1, 0.15) is 46.0 Å². The van der Waals surface area contributed by atoms with E-state index in [-0.39, 0.29) is 19.3 Å². The first-order valence-corrected chi connectivity index (χ1v) is 9.70. The smallest absolute Gasteiger partial charge is 0.284 e. The lowest BCUT2D eigenvalue weighted by molar-refractivity contribution is -0.272. The van der Waals surface area contributed by atoms with Gasteiger partial charge in [0.05, 0.1) is 0 Å². The molecule has 0 radical (unpaired) electrons. The fourth-order valence-corrected chi connectivity index (χ4v) is 6.43. The summed E-state index contributed by atoms with van der Waals surface area (Å²) in [4.78, 5) is 0. The normalized spacial score (nSPS) is 26.8. The summed E-state index contributed by atoms with van der Waals surface area (Å²) >= 11 is 0. The van der Waals surface area contributed by atoms with Crippen molar-refractivity contribution < 1.29 is 38.7 Å². The van der Waals surface area contributed by atoms with Crippen molar-refractivity contribution in [3.8, 4) is 0 Å². The van der Waals surface area contributed by atoms with E-state index in [4.69, 9.17) is 0 Å². The molecule has 1 saturated carbocycles. The van der Waals surface area contributed by atoms with Crippen LogP contribution < -0.4 is 0 Å². The number of allylic oxidation sites excluding steroid dienone is 2. The van der Waals surface area contributed by atoms with Crippen molar-refractivity contribution in [3.05, 3.63) is 11.6 Å². The Bertz CT molecular complexity index is 661. The Kier molecular flexibility index (Phi) is 5.93. The van der Waals surface area contributed by atoms with Crippen LogP contribution in [0.2, 0.25) is 0 Å². The van der Waals surface area contributed by atoms with Crippen molar-refractivity contribution in [3.63, 3.8) is 0 Å². The number of rotatable bonds is 5. The Balaban J connectivity index is 3.49. The SMILES string of the molecule is CC(C)=CCC1CCCCC1(S(=O)(=O)O)S(=O)(=O)OC(F)(F)F. The molecule has 1 aliphatic carbocycles. The Morgan fingerprint density at radius 2 is 1.83 bits per heavy atom. The van der Waals surface area contributed by atoms with E-state index in [0.717, 1.165) is 5.57 Å². The van der Waals surface area contributed by atoms with Crippen molar-refractivity contribution in [1.82, 2.24) is 0 Å². The van der Waals surface area contributed by atoms with E-state index in [0.29, 0.717) is 6.42 Å². The van der Waals surface area contributed by atoms with E-state index < -0.39 is 43.0 Å². The van der Waals surface area contributed by atoms with Gasteiger partial charge >= 0.3 is 6.36 Å². The molecule has 1 N–H and O–H groups in total. The molecule has 0 saturated heterocycles. The highest BCUT2D eigenvalue weighted by molar-refractivity contribution is 8.05. The molecule has 1 aliphatic rings. The minimum Gasteiger partial charge on any atom is -0.284 e. The summed E-state index contributed by atoms with van der Waals surface area (Å²) in [5, 5.41) is 0. The molecule has 0 amide bonds. The van der Waals surface area contributed by atoms with Crippen molar-refractivity contribution in [2.75, 3.05) is 0 Å². The van der Waals surface area contributed by atoms with Gasteiger partial charge in [0.2, 0.25) is 4.08 Å². The minimum absolute atomic E-state index is 0.0457. The third-order valence-electron chi connectivity index (χ3n) is 3.82. The largest absolute Gasteiger partial charge is 0.537 e. The monoisotopic (exact) mass is 380 g/mol. The quantitative estimate of drug-likeness (QED) is 0.447. The minimum atomic E-state index is -5.65. The van der Waals surface area contributed by atoms with Gasteiger partial charge in [0, 0.05) is 5.92 Å². The molecule has 1 fully saturated rings. The third-order valence-corrected chi connectivity index (χ3v) is 8.27. The number of halogens is 3. The van der Waals surface area contributed by atoms with Gasteiger partial charge in [0.1, 0.15) is 0 Å². The molecular weight excluding hydrogens is 361 g/mol. The van der Waals surface area contributed by atoms with E-state index in [1.165, 1.54) is 6.08 Å². The fraction of sp³-hybridized carbons (Fsp3) is 0.833. The molecule has 0 aromatic heterocycles. The fourth-order valence-electron chi connectivity index (χ4n) is 2.85. The Morgan fingerprint density at radius 3 is 2.26 bits per heavy atom. The van der Waals surface area contributed by atoms with Crippen molar-refractivity contribution >= 4 is 20.2 Å². The highest BCUT2D eigenvalue weighted by Crippen LogP contribution is 2.47. The molecule has 23 heavy (non-hydrogen) atoms. The molecular formula is C12H19F3O6S2. The summed E-state index contributed by atoms with van der Waals surface area (Å²) in [6.07, 6.45) is -4.25. The van der Waals surface area contributed by atoms with Crippen molar-refractivity contribution in [1.29, 1.82) is 0 Å². The molecule has 0 aromatic rings. The summed E-state index contributed by atoms with van der Waals surface area (Å²) in [6.45, 7) is 3.36. The summed E-state index contributed by atoms with van der Waals surface area (Å²) in [5.74, 6) is -1.23. The molecule has 6 nitrogen and oxygen atoms in total. The molecule has 0 bridgehead atoms. The summed E-state index contributed by atoms with van der Waals surface area (Å²) in [6, 6.07) is 0. The first-order chi connectivity index (χ1) is 10.2. The number of alkyl halides is 3. The van der Waals surface area contributed by atoms with Gasteiger partial charge in [-0.25, -0.2) is 0 Å². The predicted octanol–water partition coefficient (Wildman–Crippen LogP) is 2.98. The lowest BCUT2D eigenvalue weighted by Crippen LogP contribution is -2.55. The van der Waals surface area contributed by atoms with Gasteiger partial charge in [-0.3, -0.25) is 4.55 Å². The molecule has 0 spiro atoms. The van der Waals surface area contributed by atoms with Gasteiger partial charge in [-0.2, -0.15) is 21.0 Å². The van der Waals surface area contributed by atoms with Gasteiger partial charge in [0.25, 0.3) is 20.2 Å². The second-order valence-corrected chi connectivity index (χ2v) is 9.47. The summed E-state index contributed by atoms with van der Waals surface area (Å²) in [5.41, 5.74) is 0.744. The van der Waals surface area contributed by atoms with E-state index >= 15 is 0 Å². The van der Waals surface area contributed by atoms with E-state index in [2.05, 4.69) is 4.18 Å². The van der Waals surface area contributed by atoms with Crippen LogP contribution in [0.3, 0.4) is 0 Å². The maximum Gasteiger partial charge on any atom is 0.537 e. The topological polar surface area (TPSA) is 97.7 Å². The van der Waals surface area contributed by atoms with Gasteiger partial charge in [-0.05, 0) is 33.1 Å². The van der Waals surface area contributed by atoms with E-state index in [9.17, 15) is 34.6 Å². The van der Waals surface area contributed by atoms with E-state index in [1.807, 2.05) is 0 Å². The summed E-state index contributed by atoms with van der Waals surface area (Å²) < 4.78 is 94.7. The van der Waals surface area contributed by atoms with Crippen LogP contribution in [0, 0.1) is 5.92 Å². The average molecular weight is 380 g/mol. The number of hydrogen-bond acceptors (Lipinski definition) is 5. The molecule has 2 unspecified atom stereocenters. The second-order valence-electron chi connectivity index (χ2n) is 5.73. The van der Waals surface area contributed by atoms with Crippen LogP contribution in [0.4, 0.5) is 13.2 Å². The van der Waals surface area contributed by atoms with Crippen molar-refractivity contribution in [2.45, 2.75) is 56.4 Å². The van der Waals surface area contributed by atoms with Gasteiger partial charge in [-0.1, -0.05) is 24.5 Å². The van der Waals surface area contributed by atoms with Gasteiger partial charge in [0.15, 0.2) is 0 Å². The first-order valence-electron chi connectivity index (χ1n) is 6.85. The standard InChI is InChI=1S/C12H19F3O6S2/c1-9(2)6-7-10-5-3-4-8-11(10,22(16,17)18)23(19,20)21-12(13,14)15/h6,10H,3-5,7-8H2,1-2H3,(H,16,17,18). The molecule has 0 aromatic carbocycles. The van der Waals surface area contributed by atoms with Crippen LogP contribution in [0.15, 0.2) is 11.6 Å². The molecule has 0 aliphatic heterocycles. The van der Waals surface area contributed by atoms with Crippen molar-refractivity contribution in [2.24, 2.45) is 5.92 Å². The maximum absolute atomic E-state index is 12.4. The second kappa shape index (κ2) is 6.69. The summed E-state index contributed by atoms with van der Waals surface area (Å²) in [7, 11) is -11.0. The lowest BCUT2D eigenvalue weighted by atomic mass is 9.85. The lowest BCUT2D eigenvalue weighted by Gasteiger charge is -2.39. The van der Waals surface area contributed by atoms with Gasteiger partial charge < -0.3 is 0 Å². The highest BCUT2D eigenvalue weighted by atomic mass is 32.3. The van der Waals surface area contributed by atoms with Crippen LogP contribution in [-0.4, -0.2) is 31.8 Å². The maximum atomic E-state index is 12.4. The zero-order valence-corrected chi connectivity index (χ0v) is 14.3. The van der Waals surface area contributed by atoms with Crippen LogP contribution in [-0.2, 0) is 24.4 Å². The van der Waals surface area contributed by atoms with Gasteiger partial charge in [-0.15, -0.1) is 13.2 Å². The van der Waals surface area contributed by atoms with Crippen LogP contribution in [0.5, 0.6) is 0 Å². The molecule has 1 rings (SSSR count). The molecule has 136 valence electrons. The molecule has 2 atom stereocenters. The zero-order chi connectivity index (χ0) is 18.1. The van der Waals surface area contributed by atoms with Crippen LogP contribution >= 0.6 is 0 Å². The Labute approximate surface area is 133 Å². The Hall–Kier alpha value is -0.650. The molecule has 0 heterocycles. The first kappa shape index (κ1) is 20.4. The average Bonchev–Trinajstić information content (AvgIpc) is 2.31. The zero-order valence-electron chi connectivity index (χ0n) is 12.6. The Morgan fingerprint density at radius 1 is 1.26 bits per heavy atom. The van der Waals surface area contributed by atoms with E-state index in [1.54, 1.807) is 13.8 Å².